The number of hydrogen-bond donors (Lipinski definition) is 2. The fourth-order valence-electron chi connectivity index (χ4n) is 3.98. The smallest absolute Gasteiger partial charge is 0.262 e. The SMILES string of the molecule is CCOc1ccc(-n2c(O)c(C=C3C(c4ccccc4)=Nc4ccccc43)c(=O)[nH]c2=S)cc1. The Morgan fingerprint density at radius 1 is 1.03 bits per heavy atom. The van der Waals surface area contributed by atoms with E-state index in [1.54, 1.807) is 30.3 Å². The molecule has 5 rings (SSSR count). The number of nitrogens with one attached hydrogen (secondary N) is 1. The van der Waals surface area contributed by atoms with Gasteiger partial charge in [0, 0.05) is 16.7 Å². The number of aromatic amines is 1. The van der Waals surface area contributed by atoms with Gasteiger partial charge < -0.3 is 9.84 Å². The highest BCUT2D eigenvalue weighted by Crippen LogP contribution is 2.38. The first-order valence-electron chi connectivity index (χ1n) is 10.8. The van der Waals surface area contributed by atoms with Crippen molar-refractivity contribution >= 4 is 35.3 Å². The Balaban J connectivity index is 1.69. The molecule has 0 saturated carbocycles. The fourth-order valence-corrected chi connectivity index (χ4v) is 4.26. The van der Waals surface area contributed by atoms with E-state index >= 15 is 0 Å². The van der Waals surface area contributed by atoms with Gasteiger partial charge in [-0.15, -0.1) is 0 Å². The Kier molecular flexibility index (Phi) is 5.69. The number of H-pyrrole nitrogens is 1. The number of fused-ring (bicyclic) bond motifs is 1. The van der Waals surface area contributed by atoms with Gasteiger partial charge in [0.2, 0.25) is 5.88 Å². The molecular formula is C27H21N3O3S. The Morgan fingerprint density at radius 2 is 1.74 bits per heavy atom. The van der Waals surface area contributed by atoms with Gasteiger partial charge in [-0.2, -0.15) is 0 Å². The van der Waals surface area contributed by atoms with E-state index in [4.69, 9.17) is 21.9 Å². The fraction of sp³-hybridized carbons (Fsp3) is 0.0741. The highest BCUT2D eigenvalue weighted by molar-refractivity contribution is 7.71. The van der Waals surface area contributed by atoms with Gasteiger partial charge in [-0.3, -0.25) is 14.3 Å². The molecule has 3 aromatic carbocycles. The van der Waals surface area contributed by atoms with Gasteiger partial charge in [0.15, 0.2) is 4.77 Å². The summed E-state index contributed by atoms with van der Waals surface area (Å²) < 4.78 is 7.02. The number of para-hydroxylation sites is 1. The normalized spacial score (nSPS) is 13.6. The van der Waals surface area contributed by atoms with Gasteiger partial charge in [0.05, 0.1) is 23.7 Å². The minimum atomic E-state index is -0.478. The van der Waals surface area contributed by atoms with Crippen molar-refractivity contribution < 1.29 is 9.84 Å². The van der Waals surface area contributed by atoms with Crippen LogP contribution in [0.2, 0.25) is 0 Å². The summed E-state index contributed by atoms with van der Waals surface area (Å²) in [7, 11) is 0. The lowest BCUT2D eigenvalue weighted by Gasteiger charge is -2.13. The van der Waals surface area contributed by atoms with E-state index in [1.807, 2.05) is 61.5 Å². The number of rotatable bonds is 5. The molecule has 0 atom stereocenters. The van der Waals surface area contributed by atoms with Crippen molar-refractivity contribution in [2.45, 2.75) is 6.92 Å². The van der Waals surface area contributed by atoms with Crippen molar-refractivity contribution in [3.8, 4) is 17.3 Å². The first-order chi connectivity index (χ1) is 16.6. The molecule has 2 N–H and O–H groups in total. The van der Waals surface area contributed by atoms with Crippen LogP contribution >= 0.6 is 12.2 Å². The van der Waals surface area contributed by atoms with Crippen LogP contribution in [0.5, 0.6) is 11.6 Å². The van der Waals surface area contributed by atoms with Crippen LogP contribution in [-0.2, 0) is 0 Å². The third kappa shape index (κ3) is 3.86. The summed E-state index contributed by atoms with van der Waals surface area (Å²) in [5, 5.41) is 11.2. The Morgan fingerprint density at radius 3 is 2.47 bits per heavy atom. The molecule has 0 aliphatic carbocycles. The zero-order chi connectivity index (χ0) is 23.7. The predicted octanol–water partition coefficient (Wildman–Crippen LogP) is 5.67. The second-order valence-corrected chi connectivity index (χ2v) is 8.05. The topological polar surface area (TPSA) is 79.6 Å². The summed E-state index contributed by atoms with van der Waals surface area (Å²) >= 11 is 5.37. The molecule has 0 amide bonds. The highest BCUT2D eigenvalue weighted by Gasteiger charge is 2.23. The van der Waals surface area contributed by atoms with Crippen LogP contribution in [0.1, 0.15) is 23.6 Å². The van der Waals surface area contributed by atoms with Gasteiger partial charge >= 0.3 is 0 Å². The van der Waals surface area contributed by atoms with Gasteiger partial charge in [-0.1, -0.05) is 48.5 Å². The molecule has 2 heterocycles. The molecule has 34 heavy (non-hydrogen) atoms. The maximum Gasteiger partial charge on any atom is 0.262 e. The number of ether oxygens (including phenoxy) is 1. The van der Waals surface area contributed by atoms with Crippen molar-refractivity contribution in [3.63, 3.8) is 0 Å². The Labute approximate surface area is 201 Å². The van der Waals surface area contributed by atoms with Gasteiger partial charge in [-0.25, -0.2) is 4.99 Å². The number of aliphatic imine (C=N–C) groups is 1. The molecule has 0 radical (unpaired) electrons. The van der Waals surface area contributed by atoms with Crippen molar-refractivity contribution in [3.05, 3.63) is 111 Å². The van der Waals surface area contributed by atoms with E-state index in [0.29, 0.717) is 18.0 Å². The van der Waals surface area contributed by atoms with E-state index in [9.17, 15) is 9.90 Å². The van der Waals surface area contributed by atoms with Crippen LogP contribution < -0.4 is 10.3 Å². The maximum atomic E-state index is 12.9. The van der Waals surface area contributed by atoms with Gasteiger partial charge in [0.25, 0.3) is 5.56 Å². The molecule has 0 unspecified atom stereocenters. The number of allylic oxidation sites excluding steroid dienone is 1. The van der Waals surface area contributed by atoms with Crippen LogP contribution in [-0.4, -0.2) is 27.0 Å². The minimum absolute atomic E-state index is 0.0950. The largest absolute Gasteiger partial charge is 0.494 e. The van der Waals surface area contributed by atoms with E-state index in [1.165, 1.54) is 4.57 Å². The van der Waals surface area contributed by atoms with E-state index in [2.05, 4.69) is 4.98 Å². The summed E-state index contributed by atoms with van der Waals surface area (Å²) in [6.07, 6.45) is 1.67. The van der Waals surface area contributed by atoms with Crippen molar-refractivity contribution in [2.75, 3.05) is 6.61 Å². The third-order valence-electron chi connectivity index (χ3n) is 5.54. The molecule has 0 bridgehead atoms. The standard InChI is InChI=1S/C27H21N3O3S/c1-2-33-19-14-12-18(13-15-19)30-26(32)22(25(31)29-27(30)34)16-21-20-10-6-7-11-23(20)28-24(21)17-8-4-3-5-9-17/h3-16,32H,2H2,1H3,(H,29,31,34). The van der Waals surface area contributed by atoms with E-state index in [0.717, 1.165) is 28.1 Å². The van der Waals surface area contributed by atoms with E-state index in [-0.39, 0.29) is 16.2 Å². The second kappa shape index (κ2) is 8.96. The lowest BCUT2D eigenvalue weighted by atomic mass is 9.96. The molecular weight excluding hydrogens is 446 g/mol. The number of aromatic nitrogens is 2. The Hall–Kier alpha value is -4.23. The molecule has 1 aliphatic heterocycles. The molecule has 4 aromatic rings. The average molecular weight is 468 g/mol. The first-order valence-corrected chi connectivity index (χ1v) is 11.2. The van der Waals surface area contributed by atoms with Crippen LogP contribution in [0.25, 0.3) is 17.3 Å². The molecule has 0 fully saturated rings. The molecule has 0 saturated heterocycles. The van der Waals surface area contributed by atoms with Crippen molar-refractivity contribution in [2.24, 2.45) is 4.99 Å². The third-order valence-corrected chi connectivity index (χ3v) is 5.83. The van der Waals surface area contributed by atoms with Crippen molar-refractivity contribution in [1.82, 2.24) is 9.55 Å². The molecule has 1 aliphatic rings. The quantitative estimate of drug-likeness (QED) is 0.371. The van der Waals surface area contributed by atoms with Gasteiger partial charge in [-0.05, 0) is 55.5 Å². The predicted molar refractivity (Wildman–Crippen MR) is 137 cm³/mol. The highest BCUT2D eigenvalue weighted by atomic mass is 32.1. The minimum Gasteiger partial charge on any atom is -0.494 e. The maximum absolute atomic E-state index is 12.9. The molecule has 6 nitrogen and oxygen atoms in total. The summed E-state index contributed by atoms with van der Waals surface area (Å²) in [6, 6.07) is 24.6. The van der Waals surface area contributed by atoms with Gasteiger partial charge in [0.1, 0.15) is 11.3 Å². The molecule has 0 spiro atoms. The van der Waals surface area contributed by atoms with Crippen LogP contribution in [0.4, 0.5) is 5.69 Å². The molecule has 7 heteroatoms. The summed E-state index contributed by atoms with van der Waals surface area (Å²) in [5.74, 6) is 0.456. The Bertz CT molecular complexity index is 1550. The first kappa shape index (κ1) is 21.6. The van der Waals surface area contributed by atoms with E-state index < -0.39 is 5.56 Å². The molecule has 168 valence electrons. The monoisotopic (exact) mass is 467 g/mol. The summed E-state index contributed by atoms with van der Waals surface area (Å²) in [6.45, 7) is 2.46. The zero-order valence-electron chi connectivity index (χ0n) is 18.4. The van der Waals surface area contributed by atoms with Crippen molar-refractivity contribution in [1.29, 1.82) is 0 Å². The van der Waals surface area contributed by atoms with Crippen LogP contribution in [0.15, 0.2) is 88.6 Å². The van der Waals surface area contributed by atoms with Crippen LogP contribution in [0.3, 0.4) is 0 Å². The number of hydrogen-bond acceptors (Lipinski definition) is 5. The molecule has 1 aromatic heterocycles. The lowest BCUT2D eigenvalue weighted by molar-refractivity contribution is 0.340. The summed E-state index contributed by atoms with van der Waals surface area (Å²) in [4.78, 5) is 20.4. The number of benzene rings is 3. The number of nitrogens with zero attached hydrogens (tertiary/aromatic N) is 2. The lowest BCUT2D eigenvalue weighted by Crippen LogP contribution is -2.16. The second-order valence-electron chi connectivity index (χ2n) is 7.66. The summed E-state index contributed by atoms with van der Waals surface area (Å²) in [5.41, 5.74) is 4.31. The number of aromatic hydroxyl groups is 1. The average Bonchev–Trinajstić information content (AvgIpc) is 3.22. The zero-order valence-corrected chi connectivity index (χ0v) is 19.2. The van der Waals surface area contributed by atoms with Crippen LogP contribution in [0, 0.1) is 4.77 Å².